The van der Waals surface area contributed by atoms with Crippen LogP contribution in [-0.2, 0) is 0 Å². The summed E-state index contributed by atoms with van der Waals surface area (Å²) in [6.07, 6.45) is 1.83. The van der Waals surface area contributed by atoms with Crippen molar-refractivity contribution in [3.63, 3.8) is 0 Å². The number of nitrogens with zero attached hydrogens (tertiary/aromatic N) is 1. The van der Waals surface area contributed by atoms with Crippen LogP contribution in [0.15, 0.2) is 54.0 Å². The molecule has 0 bridgehead atoms. The maximum Gasteiger partial charge on any atom is 0.0931 e. The van der Waals surface area contributed by atoms with Gasteiger partial charge < -0.3 is 0 Å². The molecule has 5 heteroatoms. The molecule has 1 N–H and O–H groups in total. The summed E-state index contributed by atoms with van der Waals surface area (Å²) in [7, 11) is 0. The number of hydrogen-bond donors (Lipinski definition) is 1. The predicted octanol–water partition coefficient (Wildman–Crippen LogP) is 5.30. The van der Waals surface area contributed by atoms with E-state index in [2.05, 4.69) is 40.8 Å². The van der Waals surface area contributed by atoms with Crippen molar-refractivity contribution in [3.8, 4) is 0 Å². The van der Waals surface area contributed by atoms with Crippen LogP contribution >= 0.6 is 34.3 Å². The monoisotopic (exact) mass is 334 g/mol. The van der Waals surface area contributed by atoms with Crippen molar-refractivity contribution in [1.29, 1.82) is 0 Å². The lowest BCUT2D eigenvalue weighted by atomic mass is 10.1. The lowest BCUT2D eigenvalue weighted by molar-refractivity contribution is 0.516. The largest absolute Gasteiger partial charge is 0.297 e. The quantitative estimate of drug-likeness (QED) is 0.685. The van der Waals surface area contributed by atoms with Gasteiger partial charge in [0.05, 0.1) is 16.1 Å². The van der Waals surface area contributed by atoms with Gasteiger partial charge in [-0.3, -0.25) is 10.3 Å². The highest BCUT2D eigenvalue weighted by Crippen LogP contribution is 2.34. The van der Waals surface area contributed by atoms with E-state index in [9.17, 15) is 0 Å². The second-order valence-electron chi connectivity index (χ2n) is 4.73. The van der Waals surface area contributed by atoms with E-state index in [1.165, 1.54) is 9.75 Å². The van der Waals surface area contributed by atoms with Crippen molar-refractivity contribution < 1.29 is 0 Å². The van der Waals surface area contributed by atoms with Crippen LogP contribution in [0, 0.1) is 0 Å². The van der Waals surface area contributed by atoms with E-state index >= 15 is 0 Å². The first-order chi connectivity index (χ1) is 10.2. The minimum Gasteiger partial charge on any atom is -0.297 e. The van der Waals surface area contributed by atoms with E-state index in [0.717, 1.165) is 10.0 Å². The third-order valence-electron chi connectivity index (χ3n) is 3.25. The Morgan fingerprint density at radius 2 is 2.00 bits per heavy atom. The molecule has 2 atom stereocenters. The molecule has 0 radical (unpaired) electrons. The number of rotatable bonds is 5. The number of thiophene rings is 2. The lowest BCUT2D eigenvalue weighted by Crippen LogP contribution is -2.25. The van der Waals surface area contributed by atoms with Crippen molar-refractivity contribution in [2.24, 2.45) is 0 Å². The van der Waals surface area contributed by atoms with Gasteiger partial charge in [0.1, 0.15) is 0 Å². The maximum absolute atomic E-state index is 6.10. The molecule has 3 aromatic rings. The van der Waals surface area contributed by atoms with Crippen LogP contribution in [0.3, 0.4) is 0 Å². The summed E-state index contributed by atoms with van der Waals surface area (Å²) < 4.78 is 0.818. The molecule has 0 aliphatic heterocycles. The Hall–Kier alpha value is -1.20. The van der Waals surface area contributed by atoms with Crippen molar-refractivity contribution in [2.45, 2.75) is 19.0 Å². The van der Waals surface area contributed by atoms with Gasteiger partial charge in [0, 0.05) is 22.0 Å². The van der Waals surface area contributed by atoms with Gasteiger partial charge >= 0.3 is 0 Å². The fourth-order valence-corrected chi connectivity index (χ4v) is 4.23. The fraction of sp³-hybridized carbons (Fsp3) is 0.188. The van der Waals surface area contributed by atoms with E-state index in [1.807, 2.05) is 30.5 Å². The topological polar surface area (TPSA) is 24.9 Å². The number of hydrogen-bond acceptors (Lipinski definition) is 4. The third-order valence-corrected chi connectivity index (χ3v) is 5.49. The van der Waals surface area contributed by atoms with Crippen molar-refractivity contribution in [3.05, 3.63) is 73.8 Å². The Labute approximate surface area is 137 Å². The summed E-state index contributed by atoms with van der Waals surface area (Å²) in [5, 5.41) is 5.77. The molecule has 0 aliphatic carbocycles. The molecule has 0 aromatic carbocycles. The summed E-state index contributed by atoms with van der Waals surface area (Å²) in [6, 6.07) is 14.6. The number of aromatic nitrogens is 1. The van der Waals surface area contributed by atoms with Gasteiger partial charge in [-0.05, 0) is 42.6 Å². The molecule has 3 rings (SSSR count). The highest BCUT2D eigenvalue weighted by Gasteiger charge is 2.20. The highest BCUT2D eigenvalue weighted by atomic mass is 35.5. The normalized spacial score (nSPS) is 14.0. The van der Waals surface area contributed by atoms with Crippen LogP contribution in [0.2, 0.25) is 4.34 Å². The molecular formula is C16H15ClN2S2. The van der Waals surface area contributed by atoms with E-state index in [-0.39, 0.29) is 12.1 Å². The predicted molar refractivity (Wildman–Crippen MR) is 91.3 cm³/mol. The second-order valence-corrected chi connectivity index (χ2v) is 7.46. The van der Waals surface area contributed by atoms with E-state index in [4.69, 9.17) is 11.6 Å². The first kappa shape index (κ1) is 14.7. The Balaban J connectivity index is 1.86. The summed E-state index contributed by atoms with van der Waals surface area (Å²) in [5.41, 5.74) is 1.04. The van der Waals surface area contributed by atoms with Crippen LogP contribution in [0.1, 0.15) is 34.5 Å². The molecule has 2 unspecified atom stereocenters. The molecule has 0 saturated carbocycles. The van der Waals surface area contributed by atoms with Gasteiger partial charge in [-0.2, -0.15) is 0 Å². The Morgan fingerprint density at radius 1 is 1.10 bits per heavy atom. The Kier molecular flexibility index (Phi) is 4.70. The molecule has 108 valence electrons. The Morgan fingerprint density at radius 3 is 2.62 bits per heavy atom. The highest BCUT2D eigenvalue weighted by molar-refractivity contribution is 7.16. The molecule has 2 nitrogen and oxygen atoms in total. The van der Waals surface area contributed by atoms with Crippen molar-refractivity contribution >= 4 is 34.3 Å². The van der Waals surface area contributed by atoms with E-state index in [1.54, 1.807) is 22.7 Å². The van der Waals surface area contributed by atoms with Gasteiger partial charge in [-0.1, -0.05) is 23.7 Å². The minimum atomic E-state index is 0.152. The summed E-state index contributed by atoms with van der Waals surface area (Å²) in [4.78, 5) is 6.95. The Bertz CT molecular complexity index is 679. The van der Waals surface area contributed by atoms with Crippen LogP contribution < -0.4 is 5.32 Å². The van der Waals surface area contributed by atoms with Crippen molar-refractivity contribution in [1.82, 2.24) is 10.3 Å². The maximum atomic E-state index is 6.10. The van der Waals surface area contributed by atoms with Crippen LogP contribution in [0.5, 0.6) is 0 Å². The molecule has 0 fully saturated rings. The van der Waals surface area contributed by atoms with Gasteiger partial charge in [-0.15, -0.1) is 22.7 Å². The zero-order chi connectivity index (χ0) is 14.7. The molecule has 0 saturated heterocycles. The lowest BCUT2D eigenvalue weighted by Gasteiger charge is -2.21. The molecule has 3 aromatic heterocycles. The third kappa shape index (κ3) is 3.52. The fourth-order valence-electron chi connectivity index (χ4n) is 2.21. The number of halogens is 1. The second kappa shape index (κ2) is 6.71. The summed E-state index contributed by atoms with van der Waals surface area (Å²) in [5.74, 6) is 0. The van der Waals surface area contributed by atoms with Crippen LogP contribution in [-0.4, -0.2) is 4.98 Å². The van der Waals surface area contributed by atoms with E-state index in [0.29, 0.717) is 0 Å². The summed E-state index contributed by atoms with van der Waals surface area (Å²) in [6.45, 7) is 2.14. The smallest absolute Gasteiger partial charge is 0.0931 e. The zero-order valence-electron chi connectivity index (χ0n) is 11.5. The van der Waals surface area contributed by atoms with Gasteiger partial charge in [0.25, 0.3) is 0 Å². The molecule has 3 heterocycles. The first-order valence-corrected chi connectivity index (χ1v) is 8.77. The molecule has 21 heavy (non-hydrogen) atoms. The van der Waals surface area contributed by atoms with Gasteiger partial charge in [0.15, 0.2) is 0 Å². The SMILES string of the molecule is CC(NC(c1cccs1)c1ccc(Cl)s1)c1ccccn1. The van der Waals surface area contributed by atoms with Crippen LogP contribution in [0.25, 0.3) is 0 Å². The molecule has 0 amide bonds. The average Bonchev–Trinajstić information content (AvgIpc) is 3.17. The number of nitrogens with one attached hydrogen (secondary N) is 1. The molecular weight excluding hydrogens is 320 g/mol. The zero-order valence-corrected chi connectivity index (χ0v) is 13.9. The number of pyridine rings is 1. The first-order valence-electron chi connectivity index (χ1n) is 6.69. The van der Waals surface area contributed by atoms with E-state index < -0.39 is 0 Å². The van der Waals surface area contributed by atoms with Crippen LogP contribution in [0.4, 0.5) is 0 Å². The molecule has 0 spiro atoms. The average molecular weight is 335 g/mol. The van der Waals surface area contributed by atoms with Crippen molar-refractivity contribution in [2.75, 3.05) is 0 Å². The molecule has 0 aliphatic rings. The standard InChI is InChI=1S/C16H15ClN2S2/c1-11(12-5-2-3-9-18-12)19-16(13-6-4-10-20-13)14-7-8-15(17)21-14/h2-11,16,19H,1H3. The van der Waals surface area contributed by atoms with Gasteiger partial charge in [0.2, 0.25) is 0 Å². The summed E-state index contributed by atoms with van der Waals surface area (Å²) >= 11 is 9.47. The minimum absolute atomic E-state index is 0.152. The van der Waals surface area contributed by atoms with Gasteiger partial charge in [-0.25, -0.2) is 0 Å².